The highest BCUT2D eigenvalue weighted by molar-refractivity contribution is 6.05. The summed E-state index contributed by atoms with van der Waals surface area (Å²) < 4.78 is 5.79. The Kier molecular flexibility index (Phi) is 4.95. The van der Waals surface area contributed by atoms with Gasteiger partial charge in [0.2, 0.25) is 0 Å². The molecule has 0 spiro atoms. The number of carbonyl (C=O) groups excluding carboxylic acids is 1. The summed E-state index contributed by atoms with van der Waals surface area (Å²) in [5, 5.41) is 11.2. The highest BCUT2D eigenvalue weighted by Crippen LogP contribution is 2.32. The van der Waals surface area contributed by atoms with Crippen LogP contribution in [0.15, 0.2) is 70.4 Å². The van der Waals surface area contributed by atoms with E-state index in [-0.39, 0.29) is 5.78 Å². The fraction of sp³-hybridized carbons (Fsp3) is 0.200. The van der Waals surface area contributed by atoms with Gasteiger partial charge in [-0.25, -0.2) is 10.1 Å². The first-order valence-corrected chi connectivity index (χ1v) is 8.21. The highest BCUT2D eigenvalue weighted by atomic mass is 16.5. The van der Waals surface area contributed by atoms with Crippen LogP contribution in [0.1, 0.15) is 25.8 Å². The van der Waals surface area contributed by atoms with Gasteiger partial charge in [0.05, 0.1) is 18.0 Å². The van der Waals surface area contributed by atoms with Crippen molar-refractivity contribution in [2.75, 3.05) is 6.61 Å². The van der Waals surface area contributed by atoms with Gasteiger partial charge in [0.25, 0.3) is 0 Å². The molecule has 5 heteroatoms. The molecule has 1 aromatic carbocycles. The molecule has 1 N–H and O–H groups in total. The number of hydrogen-bond acceptors (Lipinski definition) is 5. The summed E-state index contributed by atoms with van der Waals surface area (Å²) in [4.78, 5) is 15.9. The lowest BCUT2D eigenvalue weighted by molar-refractivity contribution is -0.111. The minimum absolute atomic E-state index is 0.00422. The number of ketones is 1. The molecule has 2 aliphatic rings. The maximum atomic E-state index is 11.6. The van der Waals surface area contributed by atoms with E-state index >= 15 is 0 Å². The summed E-state index contributed by atoms with van der Waals surface area (Å²) in [6, 6.07) is 7.56. The van der Waals surface area contributed by atoms with Crippen molar-refractivity contribution in [1.29, 1.82) is 0 Å². The topological polar surface area (TPSA) is 62.1 Å². The largest absolute Gasteiger partial charge is 0.493 e. The molecule has 25 heavy (non-hydrogen) atoms. The number of nitrogens with zero attached hydrogens (tertiary/aromatic N) is 2. The summed E-state index contributed by atoms with van der Waals surface area (Å²) in [6.07, 6.45) is 9.10. The van der Waals surface area contributed by atoms with Crippen molar-refractivity contribution < 1.29 is 14.7 Å². The Balaban J connectivity index is 2.03. The molecule has 1 heterocycles. The molecule has 1 aliphatic carbocycles. The van der Waals surface area contributed by atoms with E-state index in [1.54, 1.807) is 25.2 Å². The molecule has 0 atom stereocenters. The Morgan fingerprint density at radius 2 is 2.00 bits per heavy atom. The zero-order chi connectivity index (χ0) is 17.8. The van der Waals surface area contributed by atoms with Crippen molar-refractivity contribution in [3.05, 3.63) is 71.0 Å². The molecule has 128 valence electrons. The van der Waals surface area contributed by atoms with E-state index in [0.29, 0.717) is 29.3 Å². The molecule has 0 fully saturated rings. The summed E-state index contributed by atoms with van der Waals surface area (Å²) in [6.45, 7) is 4.42. The first-order valence-electron chi connectivity index (χ1n) is 8.21. The predicted octanol–water partition coefficient (Wildman–Crippen LogP) is 3.89. The van der Waals surface area contributed by atoms with E-state index in [1.807, 2.05) is 31.2 Å². The minimum atomic E-state index is -0.00422. The number of hydroxylamine groups is 2. The van der Waals surface area contributed by atoms with Crippen LogP contribution in [0.4, 0.5) is 0 Å². The average molecular weight is 336 g/mol. The Hall–Kier alpha value is -2.92. The van der Waals surface area contributed by atoms with Crippen LogP contribution >= 0.6 is 0 Å². The summed E-state index contributed by atoms with van der Waals surface area (Å²) >= 11 is 0. The number of hydrogen-bond donors (Lipinski definition) is 1. The monoisotopic (exact) mass is 336 g/mol. The molecule has 0 amide bonds. The van der Waals surface area contributed by atoms with Crippen LogP contribution in [-0.2, 0) is 4.79 Å². The SMILES string of the molecule is CCCOc1ccccc1C1=CC(=C2C=CC(=O)C(C)=C2)N=CN1O. The lowest BCUT2D eigenvalue weighted by atomic mass is 9.99. The molecular formula is C20H20N2O3. The average Bonchev–Trinajstić information content (AvgIpc) is 2.63. The van der Waals surface area contributed by atoms with Gasteiger partial charge in [-0.05, 0) is 55.4 Å². The van der Waals surface area contributed by atoms with Gasteiger partial charge in [-0.3, -0.25) is 10.0 Å². The number of carbonyl (C=O) groups is 1. The lowest BCUT2D eigenvalue weighted by Crippen LogP contribution is -2.19. The second kappa shape index (κ2) is 7.32. The van der Waals surface area contributed by atoms with E-state index in [2.05, 4.69) is 4.99 Å². The normalized spacial score (nSPS) is 19.8. The standard InChI is InChI=1S/C20H20N2O3/c1-3-10-25-20-7-5-4-6-16(20)18-12-17(21-13-22(18)24)15-8-9-19(23)14(2)11-15/h4-9,11-13,24H,3,10H2,1-2H3. The fourth-order valence-corrected chi connectivity index (χ4v) is 2.60. The second-order valence-electron chi connectivity index (χ2n) is 5.83. The first-order chi connectivity index (χ1) is 12.1. The van der Waals surface area contributed by atoms with Crippen LogP contribution in [0, 0.1) is 0 Å². The quantitative estimate of drug-likeness (QED) is 0.906. The maximum Gasteiger partial charge on any atom is 0.181 e. The van der Waals surface area contributed by atoms with Crippen LogP contribution in [0.5, 0.6) is 5.75 Å². The van der Waals surface area contributed by atoms with Gasteiger partial charge in [-0.2, -0.15) is 0 Å². The van der Waals surface area contributed by atoms with E-state index in [0.717, 1.165) is 22.6 Å². The predicted molar refractivity (Wildman–Crippen MR) is 97.3 cm³/mol. The van der Waals surface area contributed by atoms with Gasteiger partial charge >= 0.3 is 0 Å². The first kappa shape index (κ1) is 16.9. The van der Waals surface area contributed by atoms with Gasteiger partial charge in [0.1, 0.15) is 12.1 Å². The van der Waals surface area contributed by atoms with Crippen LogP contribution in [0.3, 0.4) is 0 Å². The summed E-state index contributed by atoms with van der Waals surface area (Å²) in [5.74, 6) is 0.700. The molecule has 0 bridgehead atoms. The molecule has 0 aromatic heterocycles. The minimum Gasteiger partial charge on any atom is -0.493 e. The van der Waals surface area contributed by atoms with E-state index < -0.39 is 0 Å². The molecule has 1 aromatic rings. The third-order valence-corrected chi connectivity index (χ3v) is 3.92. The molecule has 0 saturated carbocycles. The van der Waals surface area contributed by atoms with E-state index in [4.69, 9.17) is 4.74 Å². The van der Waals surface area contributed by atoms with Gasteiger partial charge in [-0.1, -0.05) is 19.1 Å². The van der Waals surface area contributed by atoms with Crippen molar-refractivity contribution in [2.45, 2.75) is 20.3 Å². The zero-order valence-electron chi connectivity index (χ0n) is 14.3. The zero-order valence-corrected chi connectivity index (χ0v) is 14.3. The molecule has 5 nitrogen and oxygen atoms in total. The lowest BCUT2D eigenvalue weighted by Gasteiger charge is -2.22. The Morgan fingerprint density at radius 1 is 1.20 bits per heavy atom. The van der Waals surface area contributed by atoms with Gasteiger partial charge in [0, 0.05) is 11.1 Å². The number of benzene rings is 1. The number of aliphatic imine (C=N–C) groups is 1. The van der Waals surface area contributed by atoms with E-state index in [1.165, 1.54) is 12.4 Å². The molecular weight excluding hydrogens is 316 g/mol. The molecule has 0 radical (unpaired) electrons. The van der Waals surface area contributed by atoms with Crippen molar-refractivity contribution in [2.24, 2.45) is 4.99 Å². The second-order valence-corrected chi connectivity index (χ2v) is 5.83. The molecule has 0 unspecified atom stereocenters. The van der Waals surface area contributed by atoms with Crippen molar-refractivity contribution >= 4 is 17.8 Å². The van der Waals surface area contributed by atoms with Gasteiger partial charge in [0.15, 0.2) is 5.78 Å². The summed E-state index contributed by atoms with van der Waals surface area (Å²) in [7, 11) is 0. The smallest absolute Gasteiger partial charge is 0.181 e. The van der Waals surface area contributed by atoms with Crippen molar-refractivity contribution in [3.8, 4) is 5.75 Å². The third kappa shape index (κ3) is 3.61. The number of para-hydroxylation sites is 1. The van der Waals surface area contributed by atoms with Crippen LogP contribution in [0.25, 0.3) is 5.70 Å². The van der Waals surface area contributed by atoms with Gasteiger partial charge < -0.3 is 4.74 Å². The van der Waals surface area contributed by atoms with Gasteiger partial charge in [-0.15, -0.1) is 0 Å². The van der Waals surface area contributed by atoms with Crippen LogP contribution in [-0.4, -0.2) is 29.0 Å². The molecule has 1 aliphatic heterocycles. The van der Waals surface area contributed by atoms with E-state index in [9.17, 15) is 10.0 Å². The fourth-order valence-electron chi connectivity index (χ4n) is 2.60. The molecule has 0 saturated heterocycles. The summed E-state index contributed by atoms with van der Waals surface area (Å²) in [5.41, 5.74) is 3.51. The highest BCUT2D eigenvalue weighted by Gasteiger charge is 2.19. The maximum absolute atomic E-state index is 11.6. The Morgan fingerprint density at radius 3 is 2.76 bits per heavy atom. The Labute approximate surface area is 146 Å². The third-order valence-electron chi connectivity index (χ3n) is 3.92. The van der Waals surface area contributed by atoms with Crippen molar-refractivity contribution in [3.63, 3.8) is 0 Å². The Bertz CT molecular complexity index is 844. The number of rotatable bonds is 4. The van der Waals surface area contributed by atoms with Crippen LogP contribution < -0.4 is 4.74 Å². The number of allylic oxidation sites excluding steroid dienone is 6. The number of ether oxygens (including phenoxy) is 1. The van der Waals surface area contributed by atoms with Crippen molar-refractivity contribution in [1.82, 2.24) is 5.06 Å². The molecule has 3 rings (SSSR count). The van der Waals surface area contributed by atoms with Crippen LogP contribution in [0.2, 0.25) is 0 Å².